The lowest BCUT2D eigenvalue weighted by Gasteiger charge is -2.27. The Morgan fingerprint density at radius 2 is 1.83 bits per heavy atom. The molecule has 1 heterocycles. The van der Waals surface area contributed by atoms with E-state index in [-0.39, 0.29) is 4.90 Å². The monoisotopic (exact) mass is 331 g/mol. The van der Waals surface area contributed by atoms with Crippen LogP contribution in [-0.2, 0) is 21.2 Å². The van der Waals surface area contributed by atoms with Gasteiger partial charge >= 0.3 is 0 Å². The van der Waals surface area contributed by atoms with Crippen molar-refractivity contribution in [3.63, 3.8) is 0 Å². The van der Waals surface area contributed by atoms with E-state index >= 15 is 0 Å². The molecular formula is C16H17N3O3S. The second-order valence-electron chi connectivity index (χ2n) is 5.23. The number of nitrogens with one attached hydrogen (secondary N) is 3. The Hall–Kier alpha value is -2.38. The van der Waals surface area contributed by atoms with Crippen molar-refractivity contribution < 1.29 is 13.2 Å². The summed E-state index contributed by atoms with van der Waals surface area (Å²) >= 11 is 0. The molecule has 0 spiro atoms. The third kappa shape index (κ3) is 3.20. The highest BCUT2D eigenvalue weighted by Crippen LogP contribution is 2.25. The lowest BCUT2D eigenvalue weighted by molar-refractivity contribution is -0.117. The normalized spacial score (nSPS) is 18.6. The molecule has 0 aliphatic carbocycles. The number of carbonyl (C=O) groups excluding carboxylic acids is 1. The molecule has 0 aromatic heterocycles. The summed E-state index contributed by atoms with van der Waals surface area (Å²) in [5, 5.41) is 5.60. The van der Waals surface area contributed by atoms with E-state index in [9.17, 15) is 13.2 Å². The van der Waals surface area contributed by atoms with Crippen LogP contribution in [0.25, 0.3) is 0 Å². The zero-order valence-electron chi connectivity index (χ0n) is 12.5. The molecule has 3 N–H and O–H groups in total. The van der Waals surface area contributed by atoms with E-state index < -0.39 is 22.1 Å². The highest BCUT2D eigenvalue weighted by atomic mass is 32.2. The van der Waals surface area contributed by atoms with Crippen molar-refractivity contribution >= 4 is 27.3 Å². The zero-order valence-corrected chi connectivity index (χ0v) is 13.4. The van der Waals surface area contributed by atoms with Crippen LogP contribution in [0, 0.1) is 0 Å². The number of amides is 1. The van der Waals surface area contributed by atoms with Crippen molar-refractivity contribution in [1.82, 2.24) is 4.72 Å². The van der Waals surface area contributed by atoms with Crippen LogP contribution in [0.4, 0.5) is 11.4 Å². The SMILES string of the molecule is CCc1ccc(NC(=O)C2Nc3ccccc3S(=O)(=O)N2)cc1. The summed E-state index contributed by atoms with van der Waals surface area (Å²) in [6.45, 7) is 2.05. The molecule has 0 fully saturated rings. The van der Waals surface area contributed by atoms with Gasteiger partial charge in [0, 0.05) is 5.69 Å². The summed E-state index contributed by atoms with van der Waals surface area (Å²) < 4.78 is 26.7. The Kier molecular flexibility index (Phi) is 4.06. The van der Waals surface area contributed by atoms with E-state index in [1.165, 1.54) is 6.07 Å². The second-order valence-corrected chi connectivity index (χ2v) is 6.92. The molecule has 1 amide bonds. The molecule has 23 heavy (non-hydrogen) atoms. The molecule has 2 aromatic rings. The molecule has 6 nitrogen and oxygen atoms in total. The minimum Gasteiger partial charge on any atom is -0.360 e. The predicted octanol–water partition coefficient (Wildman–Crippen LogP) is 1.92. The minimum absolute atomic E-state index is 0.136. The molecule has 1 aliphatic heterocycles. The maximum atomic E-state index is 12.3. The smallest absolute Gasteiger partial charge is 0.262 e. The van der Waals surface area contributed by atoms with Crippen molar-refractivity contribution in [3.8, 4) is 0 Å². The molecule has 1 unspecified atom stereocenters. The molecular weight excluding hydrogens is 314 g/mol. The van der Waals surface area contributed by atoms with Crippen LogP contribution in [0.1, 0.15) is 12.5 Å². The fourth-order valence-electron chi connectivity index (χ4n) is 2.38. The molecule has 2 aromatic carbocycles. The van der Waals surface area contributed by atoms with E-state index in [1.807, 2.05) is 19.1 Å². The fraction of sp³-hybridized carbons (Fsp3) is 0.188. The van der Waals surface area contributed by atoms with E-state index in [0.29, 0.717) is 11.4 Å². The standard InChI is InChI=1S/C16H17N3O3S/c1-2-11-7-9-12(10-8-11)17-16(20)15-18-13-5-3-4-6-14(13)23(21,22)19-15/h3-10,15,18-19H,2H2,1H3,(H,17,20). The van der Waals surface area contributed by atoms with Gasteiger partial charge in [0.25, 0.3) is 5.91 Å². The van der Waals surface area contributed by atoms with Crippen molar-refractivity contribution in [3.05, 3.63) is 54.1 Å². The zero-order chi connectivity index (χ0) is 16.4. The first-order chi connectivity index (χ1) is 11.0. The average Bonchev–Trinajstić information content (AvgIpc) is 2.55. The van der Waals surface area contributed by atoms with Crippen LogP contribution < -0.4 is 15.4 Å². The number of aryl methyl sites for hydroxylation is 1. The van der Waals surface area contributed by atoms with Gasteiger partial charge in [0.1, 0.15) is 4.90 Å². The van der Waals surface area contributed by atoms with E-state index in [1.54, 1.807) is 30.3 Å². The maximum Gasteiger partial charge on any atom is 0.262 e. The van der Waals surface area contributed by atoms with Crippen LogP contribution in [0.3, 0.4) is 0 Å². The molecule has 0 radical (unpaired) electrons. The Labute approximate surface area is 135 Å². The molecule has 7 heteroatoms. The van der Waals surface area contributed by atoms with Crippen molar-refractivity contribution in [2.24, 2.45) is 0 Å². The maximum absolute atomic E-state index is 12.3. The number of hydrogen-bond acceptors (Lipinski definition) is 4. The lowest BCUT2D eigenvalue weighted by atomic mass is 10.1. The second kappa shape index (κ2) is 6.02. The van der Waals surface area contributed by atoms with Gasteiger partial charge in [0.05, 0.1) is 5.69 Å². The lowest BCUT2D eigenvalue weighted by Crippen LogP contribution is -2.51. The van der Waals surface area contributed by atoms with Crippen molar-refractivity contribution in [1.29, 1.82) is 0 Å². The number of hydrogen-bond donors (Lipinski definition) is 3. The number of carbonyl (C=O) groups is 1. The molecule has 0 saturated carbocycles. The topological polar surface area (TPSA) is 87.3 Å². The third-order valence-electron chi connectivity index (χ3n) is 3.64. The highest BCUT2D eigenvalue weighted by molar-refractivity contribution is 7.89. The Balaban J connectivity index is 1.78. The average molecular weight is 331 g/mol. The van der Waals surface area contributed by atoms with Crippen molar-refractivity contribution in [2.75, 3.05) is 10.6 Å². The molecule has 1 aliphatic rings. The van der Waals surface area contributed by atoms with Crippen LogP contribution in [0.15, 0.2) is 53.4 Å². The third-order valence-corrected chi connectivity index (χ3v) is 5.12. The quantitative estimate of drug-likeness (QED) is 0.802. The summed E-state index contributed by atoms with van der Waals surface area (Å²) in [7, 11) is -3.71. The van der Waals surface area contributed by atoms with Gasteiger partial charge in [-0.15, -0.1) is 0 Å². The summed E-state index contributed by atoms with van der Waals surface area (Å²) in [4.78, 5) is 12.5. The van der Waals surface area contributed by atoms with Crippen LogP contribution in [0.2, 0.25) is 0 Å². The minimum atomic E-state index is -3.71. The predicted molar refractivity (Wildman–Crippen MR) is 88.6 cm³/mol. The molecule has 120 valence electrons. The van der Waals surface area contributed by atoms with E-state index in [0.717, 1.165) is 12.0 Å². The van der Waals surface area contributed by atoms with Gasteiger partial charge in [-0.1, -0.05) is 31.2 Å². The number of para-hydroxylation sites is 1. The van der Waals surface area contributed by atoms with Crippen LogP contribution in [-0.4, -0.2) is 20.5 Å². The molecule has 3 rings (SSSR count). The Morgan fingerprint density at radius 3 is 2.52 bits per heavy atom. The fourth-order valence-corrected chi connectivity index (χ4v) is 3.66. The summed E-state index contributed by atoms with van der Waals surface area (Å²) in [5.41, 5.74) is 2.19. The van der Waals surface area contributed by atoms with Gasteiger partial charge in [-0.2, -0.15) is 4.72 Å². The largest absolute Gasteiger partial charge is 0.360 e. The van der Waals surface area contributed by atoms with Crippen molar-refractivity contribution in [2.45, 2.75) is 24.4 Å². The first-order valence-corrected chi connectivity index (χ1v) is 8.75. The summed E-state index contributed by atoms with van der Waals surface area (Å²) in [5.74, 6) is -0.465. The number of rotatable bonds is 3. The van der Waals surface area contributed by atoms with Gasteiger partial charge in [-0.3, -0.25) is 4.79 Å². The van der Waals surface area contributed by atoms with E-state index in [2.05, 4.69) is 15.4 Å². The number of sulfonamides is 1. The summed E-state index contributed by atoms with van der Waals surface area (Å²) in [6, 6.07) is 13.9. The van der Waals surface area contributed by atoms with Crippen LogP contribution >= 0.6 is 0 Å². The molecule has 1 atom stereocenters. The number of fused-ring (bicyclic) bond motifs is 1. The highest BCUT2D eigenvalue weighted by Gasteiger charge is 2.32. The Morgan fingerprint density at radius 1 is 1.13 bits per heavy atom. The van der Waals surface area contributed by atoms with Gasteiger partial charge < -0.3 is 10.6 Å². The Bertz CT molecular complexity index is 832. The van der Waals surface area contributed by atoms with E-state index in [4.69, 9.17) is 0 Å². The van der Waals surface area contributed by atoms with Gasteiger partial charge in [-0.25, -0.2) is 8.42 Å². The summed E-state index contributed by atoms with van der Waals surface area (Å²) in [6.07, 6.45) is -0.143. The van der Waals surface area contributed by atoms with Crippen LogP contribution in [0.5, 0.6) is 0 Å². The first-order valence-electron chi connectivity index (χ1n) is 7.27. The first kappa shape index (κ1) is 15.5. The van der Waals surface area contributed by atoms with Gasteiger partial charge in [0.2, 0.25) is 10.0 Å². The van der Waals surface area contributed by atoms with Gasteiger partial charge in [-0.05, 0) is 36.2 Å². The number of benzene rings is 2. The molecule has 0 bridgehead atoms. The molecule has 0 saturated heterocycles. The number of anilines is 2. The van der Waals surface area contributed by atoms with Gasteiger partial charge in [0.15, 0.2) is 6.17 Å².